The Hall–Kier alpha value is -1.18. The Morgan fingerprint density at radius 1 is 1.45 bits per heavy atom. The van der Waals surface area contributed by atoms with E-state index in [9.17, 15) is 4.79 Å². The summed E-state index contributed by atoms with van der Waals surface area (Å²) in [5.41, 5.74) is 0.904. The van der Waals surface area contributed by atoms with Crippen molar-refractivity contribution in [3.63, 3.8) is 0 Å². The lowest BCUT2D eigenvalue weighted by molar-refractivity contribution is -0.0778. The average molecular weight is 326 g/mol. The number of nitrogens with one attached hydrogen (secondary N) is 2. The fourth-order valence-corrected chi connectivity index (χ4v) is 3.28. The molecule has 1 aliphatic heterocycles. The van der Waals surface area contributed by atoms with Gasteiger partial charge in [0.25, 0.3) is 0 Å². The van der Waals surface area contributed by atoms with Crippen LogP contribution in [0.25, 0.3) is 0 Å². The van der Waals surface area contributed by atoms with Gasteiger partial charge in [0.15, 0.2) is 0 Å². The van der Waals surface area contributed by atoms with Crippen molar-refractivity contribution in [3.05, 3.63) is 16.1 Å². The Labute approximate surface area is 136 Å². The number of rotatable bonds is 5. The van der Waals surface area contributed by atoms with Crippen molar-refractivity contribution in [3.8, 4) is 0 Å². The van der Waals surface area contributed by atoms with E-state index in [1.165, 1.54) is 0 Å². The molecule has 1 saturated heterocycles. The highest BCUT2D eigenvalue weighted by Crippen LogP contribution is 2.13. The maximum absolute atomic E-state index is 11.8. The number of thiazole rings is 1. The first-order chi connectivity index (χ1) is 10.4. The van der Waals surface area contributed by atoms with Gasteiger partial charge in [-0.25, -0.2) is 9.78 Å². The van der Waals surface area contributed by atoms with Crippen LogP contribution in [0, 0.1) is 6.92 Å². The second kappa shape index (κ2) is 7.89. The second-order valence-electron chi connectivity index (χ2n) is 5.98. The van der Waals surface area contributed by atoms with E-state index >= 15 is 0 Å². The van der Waals surface area contributed by atoms with Gasteiger partial charge in [0.2, 0.25) is 0 Å². The number of carbonyl (C=O) groups excluding carboxylic acids is 1. The largest absolute Gasteiger partial charge is 0.373 e. The molecule has 1 aromatic heterocycles. The third kappa shape index (κ3) is 5.23. The molecule has 22 heavy (non-hydrogen) atoms. The molecule has 2 N–H and O–H groups in total. The molecular formula is C15H26N4O2S. The Morgan fingerprint density at radius 2 is 2.14 bits per heavy atom. The van der Waals surface area contributed by atoms with E-state index in [1.54, 1.807) is 11.3 Å². The molecule has 2 rings (SSSR count). The van der Waals surface area contributed by atoms with Crippen molar-refractivity contribution in [1.82, 2.24) is 20.5 Å². The van der Waals surface area contributed by atoms with Crippen LogP contribution in [0.15, 0.2) is 5.38 Å². The number of carbonyl (C=O) groups is 1. The van der Waals surface area contributed by atoms with Gasteiger partial charge in [-0.05, 0) is 27.7 Å². The molecule has 0 radical (unpaired) electrons. The van der Waals surface area contributed by atoms with Crippen LogP contribution in [0.1, 0.15) is 31.5 Å². The molecule has 0 spiro atoms. The Bertz CT molecular complexity index is 484. The summed E-state index contributed by atoms with van der Waals surface area (Å²) < 4.78 is 5.73. The van der Waals surface area contributed by atoms with E-state index in [-0.39, 0.29) is 18.2 Å². The van der Waals surface area contributed by atoms with Crippen molar-refractivity contribution in [2.45, 2.75) is 52.5 Å². The number of amides is 2. The summed E-state index contributed by atoms with van der Waals surface area (Å²) in [6.07, 6.45) is 0.487. The number of aromatic nitrogens is 1. The van der Waals surface area contributed by atoms with E-state index in [0.29, 0.717) is 19.1 Å². The van der Waals surface area contributed by atoms with Crippen molar-refractivity contribution >= 4 is 17.4 Å². The molecule has 0 saturated carbocycles. The summed E-state index contributed by atoms with van der Waals surface area (Å²) in [4.78, 5) is 18.5. The zero-order valence-corrected chi connectivity index (χ0v) is 14.6. The Balaban J connectivity index is 1.69. The maximum atomic E-state index is 11.8. The number of hydrogen-bond donors (Lipinski definition) is 2. The summed E-state index contributed by atoms with van der Waals surface area (Å²) in [5, 5.41) is 8.75. The van der Waals surface area contributed by atoms with Crippen LogP contribution in [-0.2, 0) is 11.3 Å². The third-order valence-electron chi connectivity index (χ3n) is 3.73. The van der Waals surface area contributed by atoms with Crippen LogP contribution in [0.4, 0.5) is 4.79 Å². The molecule has 2 heterocycles. The summed E-state index contributed by atoms with van der Waals surface area (Å²) in [6, 6.07) is 0.146. The number of hydrogen-bond acceptors (Lipinski definition) is 5. The molecule has 3 atom stereocenters. The smallest absolute Gasteiger partial charge is 0.315 e. The standard InChI is InChI=1S/C15H26N4O2S/c1-10(19-7-11(2)21-12(3)8-19)5-16-15(20)17-6-14-9-22-13(4)18-14/h9-12H,5-8H2,1-4H3,(H2,16,17,20). The van der Waals surface area contributed by atoms with Crippen LogP contribution < -0.4 is 10.6 Å². The minimum atomic E-state index is -0.146. The van der Waals surface area contributed by atoms with Gasteiger partial charge in [-0.15, -0.1) is 11.3 Å². The van der Waals surface area contributed by atoms with Crippen molar-refractivity contribution in [2.75, 3.05) is 19.6 Å². The number of morpholine rings is 1. The topological polar surface area (TPSA) is 66.5 Å². The fourth-order valence-electron chi connectivity index (χ4n) is 2.67. The fraction of sp³-hybridized carbons (Fsp3) is 0.733. The SMILES string of the molecule is Cc1nc(CNC(=O)NCC(C)N2CC(C)OC(C)C2)cs1. The highest BCUT2D eigenvalue weighted by Gasteiger charge is 2.25. The van der Waals surface area contributed by atoms with Gasteiger partial charge in [0.1, 0.15) is 0 Å². The van der Waals surface area contributed by atoms with Gasteiger partial charge in [-0.2, -0.15) is 0 Å². The molecule has 3 unspecified atom stereocenters. The zero-order chi connectivity index (χ0) is 16.1. The van der Waals surface area contributed by atoms with E-state index in [2.05, 4.69) is 41.3 Å². The first-order valence-electron chi connectivity index (χ1n) is 7.76. The zero-order valence-electron chi connectivity index (χ0n) is 13.8. The number of urea groups is 1. The normalized spacial score (nSPS) is 24.0. The van der Waals surface area contributed by atoms with Gasteiger partial charge in [0, 0.05) is 31.1 Å². The molecule has 1 fully saturated rings. The monoisotopic (exact) mass is 326 g/mol. The number of ether oxygens (including phenoxy) is 1. The molecule has 1 aliphatic rings. The van der Waals surface area contributed by atoms with Crippen LogP contribution in [-0.4, -0.2) is 53.8 Å². The van der Waals surface area contributed by atoms with Gasteiger partial charge in [-0.3, -0.25) is 4.90 Å². The van der Waals surface area contributed by atoms with Crippen LogP contribution in [0.5, 0.6) is 0 Å². The van der Waals surface area contributed by atoms with Gasteiger partial charge in [0.05, 0.1) is 29.5 Å². The molecular weight excluding hydrogens is 300 g/mol. The van der Waals surface area contributed by atoms with E-state index in [1.807, 2.05) is 12.3 Å². The summed E-state index contributed by atoms with van der Waals surface area (Å²) in [6.45, 7) is 11.2. The maximum Gasteiger partial charge on any atom is 0.315 e. The Morgan fingerprint density at radius 3 is 2.73 bits per heavy atom. The Kier molecular flexibility index (Phi) is 6.16. The summed E-state index contributed by atoms with van der Waals surface area (Å²) in [5.74, 6) is 0. The lowest BCUT2D eigenvalue weighted by Gasteiger charge is -2.38. The van der Waals surface area contributed by atoms with Crippen LogP contribution >= 0.6 is 11.3 Å². The highest BCUT2D eigenvalue weighted by atomic mass is 32.1. The first-order valence-corrected chi connectivity index (χ1v) is 8.64. The summed E-state index contributed by atoms with van der Waals surface area (Å²) in [7, 11) is 0. The predicted octanol–water partition coefficient (Wildman–Crippen LogP) is 1.75. The van der Waals surface area contributed by atoms with Gasteiger partial charge < -0.3 is 15.4 Å². The molecule has 0 bridgehead atoms. The quantitative estimate of drug-likeness (QED) is 0.865. The number of nitrogens with zero attached hydrogens (tertiary/aromatic N) is 2. The molecule has 7 heteroatoms. The van der Waals surface area contributed by atoms with Crippen molar-refractivity contribution < 1.29 is 9.53 Å². The minimum absolute atomic E-state index is 0.146. The van der Waals surface area contributed by atoms with E-state index in [4.69, 9.17) is 4.74 Å². The second-order valence-corrected chi connectivity index (χ2v) is 7.04. The molecule has 124 valence electrons. The first kappa shape index (κ1) is 17.2. The third-order valence-corrected chi connectivity index (χ3v) is 4.55. The lowest BCUT2D eigenvalue weighted by atomic mass is 10.2. The predicted molar refractivity (Wildman–Crippen MR) is 88.1 cm³/mol. The number of aryl methyl sites for hydroxylation is 1. The summed E-state index contributed by atoms with van der Waals surface area (Å²) >= 11 is 1.59. The average Bonchev–Trinajstić information content (AvgIpc) is 2.87. The highest BCUT2D eigenvalue weighted by molar-refractivity contribution is 7.09. The lowest BCUT2D eigenvalue weighted by Crippen LogP contribution is -2.52. The molecule has 6 nitrogen and oxygen atoms in total. The van der Waals surface area contributed by atoms with Gasteiger partial charge in [-0.1, -0.05) is 0 Å². The van der Waals surface area contributed by atoms with Crippen molar-refractivity contribution in [1.29, 1.82) is 0 Å². The molecule has 0 aromatic carbocycles. The van der Waals surface area contributed by atoms with Crippen LogP contribution in [0.2, 0.25) is 0 Å². The van der Waals surface area contributed by atoms with E-state index < -0.39 is 0 Å². The van der Waals surface area contributed by atoms with E-state index in [0.717, 1.165) is 23.8 Å². The van der Waals surface area contributed by atoms with Gasteiger partial charge >= 0.3 is 6.03 Å². The molecule has 0 aliphatic carbocycles. The molecule has 1 aromatic rings. The van der Waals surface area contributed by atoms with Crippen LogP contribution in [0.3, 0.4) is 0 Å². The van der Waals surface area contributed by atoms with Crippen molar-refractivity contribution in [2.24, 2.45) is 0 Å². The molecule has 2 amide bonds. The minimum Gasteiger partial charge on any atom is -0.373 e.